The van der Waals surface area contributed by atoms with Crippen molar-refractivity contribution in [3.05, 3.63) is 88.8 Å². The second kappa shape index (κ2) is 7.18. The summed E-state index contributed by atoms with van der Waals surface area (Å²) < 4.78 is 13.0. The highest BCUT2D eigenvalue weighted by atomic mass is 35.5. The van der Waals surface area contributed by atoms with E-state index >= 15 is 0 Å². The van der Waals surface area contributed by atoms with E-state index in [2.05, 4.69) is 22.4 Å². The highest BCUT2D eigenvalue weighted by molar-refractivity contribution is 6.30. The maximum absolute atomic E-state index is 13.0. The van der Waals surface area contributed by atoms with E-state index in [0.29, 0.717) is 0 Å². The molecule has 1 aliphatic rings. The second-order valence-corrected chi connectivity index (χ2v) is 7.38. The van der Waals surface area contributed by atoms with Crippen LogP contribution in [0.25, 0.3) is 11.3 Å². The fourth-order valence-electron chi connectivity index (χ4n) is 3.31. The summed E-state index contributed by atoms with van der Waals surface area (Å²) in [5.41, 5.74) is 4.66. The first kappa shape index (κ1) is 17.2. The van der Waals surface area contributed by atoms with Crippen LogP contribution in [0.15, 0.2) is 66.9 Å². The number of pyridine rings is 1. The summed E-state index contributed by atoms with van der Waals surface area (Å²) >= 11 is 5.98. The normalized spacial score (nSPS) is 15.0. The summed E-state index contributed by atoms with van der Waals surface area (Å²) in [7, 11) is 0. The van der Waals surface area contributed by atoms with Crippen molar-refractivity contribution >= 4 is 11.6 Å². The zero-order valence-corrected chi connectivity index (χ0v) is 15.1. The van der Waals surface area contributed by atoms with Crippen LogP contribution in [0.1, 0.15) is 24.0 Å². The van der Waals surface area contributed by atoms with Crippen molar-refractivity contribution in [2.24, 2.45) is 0 Å². The molecule has 1 N–H and O–H groups in total. The van der Waals surface area contributed by atoms with Gasteiger partial charge in [-0.15, -0.1) is 0 Å². The molecule has 1 heterocycles. The first-order valence-corrected chi connectivity index (χ1v) is 9.20. The monoisotopic (exact) mass is 366 g/mol. The number of aromatic nitrogens is 1. The molecule has 1 fully saturated rings. The van der Waals surface area contributed by atoms with Crippen LogP contribution in [-0.4, -0.2) is 11.5 Å². The summed E-state index contributed by atoms with van der Waals surface area (Å²) in [6.45, 7) is 1.66. The zero-order valence-electron chi connectivity index (χ0n) is 14.4. The number of benzene rings is 2. The molecule has 1 saturated carbocycles. The van der Waals surface area contributed by atoms with Crippen LogP contribution < -0.4 is 5.32 Å². The summed E-state index contributed by atoms with van der Waals surface area (Å²) in [5, 5.41) is 4.26. The highest BCUT2D eigenvalue weighted by Crippen LogP contribution is 2.48. The average molecular weight is 367 g/mol. The largest absolute Gasteiger partial charge is 0.312 e. The fourth-order valence-corrected chi connectivity index (χ4v) is 3.43. The molecule has 0 spiro atoms. The minimum absolute atomic E-state index is 0.185. The number of halogens is 2. The van der Waals surface area contributed by atoms with E-state index in [0.717, 1.165) is 34.9 Å². The topological polar surface area (TPSA) is 24.9 Å². The SMILES string of the molecule is Fc1ccc(CNCC2(c3ccnc(-c4ccc(Cl)cc4)c3)CC2)cc1. The van der Waals surface area contributed by atoms with Crippen LogP contribution in [-0.2, 0) is 12.0 Å². The van der Waals surface area contributed by atoms with Crippen molar-refractivity contribution < 1.29 is 4.39 Å². The molecule has 4 rings (SSSR count). The summed E-state index contributed by atoms with van der Waals surface area (Å²) in [5.74, 6) is -0.195. The number of nitrogens with zero attached hydrogens (tertiary/aromatic N) is 1. The van der Waals surface area contributed by atoms with Gasteiger partial charge in [0.25, 0.3) is 0 Å². The molecule has 4 heteroatoms. The van der Waals surface area contributed by atoms with Gasteiger partial charge in [-0.3, -0.25) is 4.98 Å². The zero-order chi connectivity index (χ0) is 18.0. The lowest BCUT2D eigenvalue weighted by Crippen LogP contribution is -2.26. The third-order valence-electron chi connectivity index (χ3n) is 5.07. The van der Waals surface area contributed by atoms with Gasteiger partial charge in [-0.1, -0.05) is 35.9 Å². The molecule has 132 valence electrons. The van der Waals surface area contributed by atoms with Crippen LogP contribution in [0, 0.1) is 5.82 Å². The van der Waals surface area contributed by atoms with E-state index in [1.807, 2.05) is 42.6 Å². The minimum Gasteiger partial charge on any atom is -0.312 e. The maximum Gasteiger partial charge on any atom is 0.123 e. The summed E-state index contributed by atoms with van der Waals surface area (Å²) in [6, 6.07) is 18.8. The van der Waals surface area contributed by atoms with Crippen LogP contribution in [0.2, 0.25) is 5.02 Å². The molecule has 2 aromatic carbocycles. The van der Waals surface area contributed by atoms with Gasteiger partial charge in [0.05, 0.1) is 5.69 Å². The van der Waals surface area contributed by atoms with Crippen molar-refractivity contribution in [1.29, 1.82) is 0 Å². The molecule has 0 aliphatic heterocycles. The molecule has 0 amide bonds. The Balaban J connectivity index is 1.45. The smallest absolute Gasteiger partial charge is 0.123 e. The predicted octanol–water partition coefficient (Wildman–Crippen LogP) is 5.36. The van der Waals surface area contributed by atoms with Gasteiger partial charge in [0.2, 0.25) is 0 Å². The molecular weight excluding hydrogens is 347 g/mol. The quantitative estimate of drug-likeness (QED) is 0.635. The molecular formula is C22H20ClFN2. The first-order valence-electron chi connectivity index (χ1n) is 8.82. The molecule has 0 bridgehead atoms. The number of nitrogens with one attached hydrogen (secondary N) is 1. The molecule has 3 aromatic rings. The van der Waals surface area contributed by atoms with E-state index in [9.17, 15) is 4.39 Å². The van der Waals surface area contributed by atoms with Crippen molar-refractivity contribution in [3.8, 4) is 11.3 Å². The first-order chi connectivity index (χ1) is 12.6. The predicted molar refractivity (Wildman–Crippen MR) is 104 cm³/mol. The van der Waals surface area contributed by atoms with E-state index < -0.39 is 0 Å². The van der Waals surface area contributed by atoms with Gasteiger partial charge in [0, 0.05) is 35.3 Å². The van der Waals surface area contributed by atoms with Crippen LogP contribution in [0.3, 0.4) is 0 Å². The second-order valence-electron chi connectivity index (χ2n) is 6.95. The van der Waals surface area contributed by atoms with Gasteiger partial charge in [0.15, 0.2) is 0 Å². The Kier molecular flexibility index (Phi) is 4.75. The lowest BCUT2D eigenvalue weighted by atomic mass is 9.95. The van der Waals surface area contributed by atoms with Crippen LogP contribution in [0.4, 0.5) is 4.39 Å². The number of rotatable bonds is 6. The molecule has 2 nitrogen and oxygen atoms in total. The van der Waals surface area contributed by atoms with E-state index in [-0.39, 0.29) is 11.2 Å². The number of hydrogen-bond donors (Lipinski definition) is 1. The van der Waals surface area contributed by atoms with Gasteiger partial charge in [0.1, 0.15) is 5.82 Å². The summed E-state index contributed by atoms with van der Waals surface area (Å²) in [4.78, 5) is 4.52. The molecule has 1 aliphatic carbocycles. The lowest BCUT2D eigenvalue weighted by molar-refractivity contribution is 0.572. The number of hydrogen-bond acceptors (Lipinski definition) is 2. The van der Waals surface area contributed by atoms with Crippen molar-refractivity contribution in [3.63, 3.8) is 0 Å². The maximum atomic E-state index is 13.0. The Morgan fingerprint density at radius 2 is 1.73 bits per heavy atom. The van der Waals surface area contributed by atoms with Gasteiger partial charge in [-0.05, 0) is 60.4 Å². The molecule has 0 unspecified atom stereocenters. The highest BCUT2D eigenvalue weighted by Gasteiger charge is 2.43. The van der Waals surface area contributed by atoms with E-state index in [4.69, 9.17) is 11.6 Å². The molecule has 0 atom stereocenters. The van der Waals surface area contributed by atoms with Crippen LogP contribution >= 0.6 is 11.6 Å². The Hall–Kier alpha value is -2.23. The third-order valence-corrected chi connectivity index (χ3v) is 5.32. The Morgan fingerprint density at radius 1 is 1.00 bits per heavy atom. The van der Waals surface area contributed by atoms with E-state index in [1.165, 1.54) is 30.5 Å². The fraction of sp³-hybridized carbons (Fsp3) is 0.227. The van der Waals surface area contributed by atoms with Crippen LogP contribution in [0.5, 0.6) is 0 Å². The average Bonchev–Trinajstić information content (AvgIpc) is 3.45. The third kappa shape index (κ3) is 3.79. The van der Waals surface area contributed by atoms with Gasteiger partial charge in [-0.2, -0.15) is 0 Å². The Morgan fingerprint density at radius 3 is 2.42 bits per heavy atom. The van der Waals surface area contributed by atoms with Crippen molar-refractivity contribution in [2.45, 2.75) is 24.8 Å². The summed E-state index contributed by atoms with van der Waals surface area (Å²) in [6.07, 6.45) is 4.24. The molecule has 26 heavy (non-hydrogen) atoms. The molecule has 0 saturated heterocycles. The van der Waals surface area contributed by atoms with Gasteiger partial charge < -0.3 is 5.32 Å². The van der Waals surface area contributed by atoms with Crippen molar-refractivity contribution in [2.75, 3.05) is 6.54 Å². The Labute approximate surface area is 158 Å². The van der Waals surface area contributed by atoms with Crippen molar-refractivity contribution in [1.82, 2.24) is 10.3 Å². The van der Waals surface area contributed by atoms with E-state index in [1.54, 1.807) is 0 Å². The molecule has 0 radical (unpaired) electrons. The minimum atomic E-state index is -0.195. The molecule has 1 aromatic heterocycles. The standard InChI is InChI=1S/C22H20ClFN2/c23-19-5-3-17(4-6-19)21-13-18(9-12-26-21)22(10-11-22)15-25-14-16-1-7-20(24)8-2-16/h1-9,12-13,25H,10-11,14-15H2. The van der Waals surface area contributed by atoms with Gasteiger partial charge in [-0.25, -0.2) is 4.39 Å². The Bertz CT molecular complexity index is 887. The lowest BCUT2D eigenvalue weighted by Gasteiger charge is -2.17. The van der Waals surface area contributed by atoms with Gasteiger partial charge >= 0.3 is 0 Å².